The zero-order valence-electron chi connectivity index (χ0n) is 19.1. The first-order valence-electron chi connectivity index (χ1n) is 11.2. The molecule has 0 N–H and O–H groups in total. The van der Waals surface area contributed by atoms with E-state index in [0.29, 0.717) is 46.5 Å². The molecule has 0 fully saturated rings. The lowest BCUT2D eigenvalue weighted by Crippen LogP contribution is -2.34. The van der Waals surface area contributed by atoms with Crippen molar-refractivity contribution in [1.82, 2.24) is 20.0 Å². The molecule has 0 spiro atoms. The van der Waals surface area contributed by atoms with Gasteiger partial charge < -0.3 is 9.32 Å². The Kier molecular flexibility index (Phi) is 7.07. The van der Waals surface area contributed by atoms with Gasteiger partial charge in [0.05, 0.1) is 28.3 Å². The highest BCUT2D eigenvalue weighted by Gasteiger charge is 2.35. The van der Waals surface area contributed by atoms with Crippen molar-refractivity contribution in [2.24, 2.45) is 0 Å². The van der Waals surface area contributed by atoms with Crippen molar-refractivity contribution < 1.29 is 18.8 Å². The summed E-state index contributed by atoms with van der Waals surface area (Å²) in [6.07, 6.45) is 1.32. The molecule has 9 heteroatoms. The van der Waals surface area contributed by atoms with Gasteiger partial charge in [0.2, 0.25) is 17.7 Å². The average Bonchev–Trinajstić information content (AvgIpc) is 3.37. The molecule has 0 unspecified atom stereocenters. The molecule has 1 aromatic heterocycles. The van der Waals surface area contributed by atoms with E-state index in [9.17, 15) is 14.4 Å². The van der Waals surface area contributed by atoms with Gasteiger partial charge in [-0.1, -0.05) is 42.3 Å². The van der Waals surface area contributed by atoms with Crippen LogP contribution in [0, 0.1) is 6.92 Å². The van der Waals surface area contributed by atoms with Crippen LogP contribution in [0.3, 0.4) is 0 Å². The lowest BCUT2D eigenvalue weighted by Gasteiger charge is -2.21. The van der Waals surface area contributed by atoms with Crippen molar-refractivity contribution in [2.45, 2.75) is 39.7 Å². The van der Waals surface area contributed by atoms with Gasteiger partial charge in [0.1, 0.15) is 0 Å². The van der Waals surface area contributed by atoms with Gasteiger partial charge in [0.15, 0.2) is 0 Å². The van der Waals surface area contributed by atoms with Crippen LogP contribution in [0.4, 0.5) is 0 Å². The minimum absolute atomic E-state index is 0.105. The second-order valence-corrected chi connectivity index (χ2v) is 8.62. The smallest absolute Gasteiger partial charge is 0.261 e. The zero-order chi connectivity index (χ0) is 24.2. The van der Waals surface area contributed by atoms with Crippen molar-refractivity contribution in [3.63, 3.8) is 0 Å². The molecule has 3 amide bonds. The molecule has 8 nitrogen and oxygen atoms in total. The highest BCUT2D eigenvalue weighted by molar-refractivity contribution is 6.33. The maximum absolute atomic E-state index is 12.9. The predicted molar refractivity (Wildman–Crippen MR) is 126 cm³/mol. The van der Waals surface area contributed by atoms with Gasteiger partial charge in [-0.05, 0) is 44.0 Å². The highest BCUT2D eigenvalue weighted by atomic mass is 35.5. The largest absolute Gasteiger partial charge is 0.419 e. The number of imide groups is 1. The fourth-order valence-electron chi connectivity index (χ4n) is 3.94. The van der Waals surface area contributed by atoms with Crippen LogP contribution in [-0.2, 0) is 11.3 Å². The molecule has 0 bridgehead atoms. The van der Waals surface area contributed by atoms with Crippen molar-refractivity contribution in [3.05, 3.63) is 70.1 Å². The molecular formula is C25H25ClN4O4. The molecule has 1 aliphatic heterocycles. The third-order valence-corrected chi connectivity index (χ3v) is 5.97. The number of halogens is 1. The Bertz CT molecular complexity index is 1240. The molecule has 34 heavy (non-hydrogen) atoms. The number of hydrogen-bond acceptors (Lipinski definition) is 6. The van der Waals surface area contributed by atoms with Crippen molar-refractivity contribution in [2.75, 3.05) is 13.1 Å². The van der Waals surface area contributed by atoms with Crippen molar-refractivity contribution in [1.29, 1.82) is 0 Å². The Morgan fingerprint density at radius 2 is 1.82 bits per heavy atom. The molecule has 0 saturated heterocycles. The fraction of sp³-hybridized carbons (Fsp3) is 0.320. The number of amides is 3. The average molecular weight is 481 g/mol. The second-order valence-electron chi connectivity index (χ2n) is 8.21. The van der Waals surface area contributed by atoms with Gasteiger partial charge >= 0.3 is 0 Å². The molecule has 0 aliphatic carbocycles. The normalized spacial score (nSPS) is 12.9. The second kappa shape index (κ2) is 10.2. The number of hydrogen-bond donors (Lipinski definition) is 0. The summed E-state index contributed by atoms with van der Waals surface area (Å²) < 4.78 is 5.74. The number of benzene rings is 2. The first-order valence-corrected chi connectivity index (χ1v) is 11.6. The summed E-state index contributed by atoms with van der Waals surface area (Å²) in [5.74, 6) is -0.111. The SMILES string of the molecule is CCCN(Cc1nnc(-c2ccccc2Cl)o1)C(=O)CCCN1C(=O)c2ccc(C)cc2C1=O. The van der Waals surface area contributed by atoms with E-state index in [-0.39, 0.29) is 37.2 Å². The number of rotatable bonds is 9. The Hall–Kier alpha value is -3.52. The molecule has 3 aromatic rings. The molecule has 2 heterocycles. The third kappa shape index (κ3) is 4.87. The van der Waals surface area contributed by atoms with Crippen LogP contribution in [0.25, 0.3) is 11.5 Å². The summed E-state index contributed by atoms with van der Waals surface area (Å²) in [4.78, 5) is 41.0. The molecule has 0 saturated carbocycles. The zero-order valence-corrected chi connectivity index (χ0v) is 19.8. The molecular weight excluding hydrogens is 456 g/mol. The lowest BCUT2D eigenvalue weighted by atomic mass is 10.1. The van der Waals surface area contributed by atoms with Gasteiger partial charge in [0.25, 0.3) is 11.8 Å². The van der Waals surface area contributed by atoms with Crippen LogP contribution >= 0.6 is 11.6 Å². The molecule has 4 rings (SSSR count). The summed E-state index contributed by atoms with van der Waals surface area (Å²) in [5, 5.41) is 8.62. The number of carbonyl (C=O) groups is 3. The minimum Gasteiger partial charge on any atom is -0.419 e. The summed E-state index contributed by atoms with van der Waals surface area (Å²) >= 11 is 6.20. The number of aryl methyl sites for hydroxylation is 1. The Balaban J connectivity index is 1.36. The highest BCUT2D eigenvalue weighted by Crippen LogP contribution is 2.27. The van der Waals surface area contributed by atoms with Crippen LogP contribution in [0.5, 0.6) is 0 Å². The van der Waals surface area contributed by atoms with E-state index in [2.05, 4.69) is 10.2 Å². The van der Waals surface area contributed by atoms with Gasteiger partial charge in [-0.2, -0.15) is 0 Å². The number of fused-ring (bicyclic) bond motifs is 1. The van der Waals surface area contributed by atoms with Gasteiger partial charge in [-0.3, -0.25) is 19.3 Å². The lowest BCUT2D eigenvalue weighted by molar-refractivity contribution is -0.132. The maximum atomic E-state index is 12.9. The van der Waals surface area contributed by atoms with E-state index in [1.807, 2.05) is 32.0 Å². The van der Waals surface area contributed by atoms with Gasteiger partial charge in [-0.15, -0.1) is 10.2 Å². The van der Waals surface area contributed by atoms with Crippen LogP contribution in [0.1, 0.15) is 58.4 Å². The fourth-order valence-corrected chi connectivity index (χ4v) is 4.16. The Labute approximate surface area is 202 Å². The van der Waals surface area contributed by atoms with E-state index >= 15 is 0 Å². The Morgan fingerprint density at radius 1 is 1.06 bits per heavy atom. The first-order chi connectivity index (χ1) is 16.4. The number of carbonyl (C=O) groups excluding carboxylic acids is 3. The number of nitrogens with zero attached hydrogens (tertiary/aromatic N) is 4. The quantitative estimate of drug-likeness (QED) is 0.418. The van der Waals surface area contributed by atoms with Crippen LogP contribution in [0.2, 0.25) is 5.02 Å². The van der Waals surface area contributed by atoms with E-state index in [1.165, 1.54) is 4.90 Å². The van der Waals surface area contributed by atoms with Crippen molar-refractivity contribution in [3.8, 4) is 11.5 Å². The van der Waals surface area contributed by atoms with Crippen LogP contribution in [0.15, 0.2) is 46.9 Å². The third-order valence-electron chi connectivity index (χ3n) is 5.64. The molecule has 1 aliphatic rings. The van der Waals surface area contributed by atoms with Crippen molar-refractivity contribution >= 4 is 29.3 Å². The van der Waals surface area contributed by atoms with Crippen LogP contribution in [-0.4, -0.2) is 50.8 Å². The van der Waals surface area contributed by atoms with E-state index in [1.54, 1.807) is 29.2 Å². The summed E-state index contributed by atoms with van der Waals surface area (Å²) in [5.41, 5.74) is 2.40. The molecule has 2 aromatic carbocycles. The summed E-state index contributed by atoms with van der Waals surface area (Å²) in [7, 11) is 0. The van der Waals surface area contributed by atoms with Gasteiger partial charge in [-0.25, -0.2) is 0 Å². The summed E-state index contributed by atoms with van der Waals surface area (Å²) in [6.45, 7) is 4.74. The van der Waals surface area contributed by atoms with E-state index < -0.39 is 0 Å². The summed E-state index contributed by atoms with van der Waals surface area (Å²) in [6, 6.07) is 12.4. The molecule has 0 atom stereocenters. The topological polar surface area (TPSA) is 96.6 Å². The maximum Gasteiger partial charge on any atom is 0.261 e. The Morgan fingerprint density at radius 3 is 2.59 bits per heavy atom. The number of aromatic nitrogens is 2. The first kappa shape index (κ1) is 23.6. The van der Waals surface area contributed by atoms with E-state index in [0.717, 1.165) is 12.0 Å². The van der Waals surface area contributed by atoms with Crippen LogP contribution < -0.4 is 0 Å². The van der Waals surface area contributed by atoms with E-state index in [4.69, 9.17) is 16.0 Å². The minimum atomic E-state index is -0.309. The molecule has 176 valence electrons. The van der Waals surface area contributed by atoms with Gasteiger partial charge in [0, 0.05) is 19.5 Å². The monoisotopic (exact) mass is 480 g/mol. The molecule has 0 radical (unpaired) electrons. The predicted octanol–water partition coefficient (Wildman–Crippen LogP) is 4.51. The standard InChI is InChI=1S/C25H25ClN4O4/c1-3-12-29(15-21-27-28-23(34-21)18-7-4-5-8-20(18)26)22(31)9-6-13-30-24(32)17-11-10-16(2)14-19(17)25(30)33/h4-5,7-8,10-11,14H,3,6,9,12-13,15H2,1-2H3.